The number of imidazole rings is 1. The molecule has 0 radical (unpaired) electrons. The van der Waals surface area contributed by atoms with E-state index in [4.69, 9.17) is 5.11 Å². The summed E-state index contributed by atoms with van der Waals surface area (Å²) < 4.78 is 52.2. The van der Waals surface area contributed by atoms with Crippen LogP contribution in [0, 0.1) is 5.82 Å². The lowest BCUT2D eigenvalue weighted by Gasteiger charge is -2.03. The van der Waals surface area contributed by atoms with Crippen LogP contribution in [0.1, 0.15) is 16.1 Å². The van der Waals surface area contributed by atoms with Gasteiger partial charge in [0, 0.05) is 19.4 Å². The Morgan fingerprint density at radius 3 is 2.50 bits per heavy atom. The predicted octanol–water partition coefficient (Wildman–Crippen LogP) is 2.34. The lowest BCUT2D eigenvalue weighted by atomic mass is 10.2. The van der Waals surface area contributed by atoms with Crippen molar-refractivity contribution in [2.24, 2.45) is 7.05 Å². The molecule has 2 aromatic rings. The number of aromatic carboxylic acids is 1. The molecule has 0 spiro atoms. The van der Waals surface area contributed by atoms with Crippen molar-refractivity contribution in [2.75, 3.05) is 0 Å². The van der Waals surface area contributed by atoms with Crippen molar-refractivity contribution >= 4 is 5.97 Å². The third kappa shape index (κ3) is 2.46. The van der Waals surface area contributed by atoms with Crippen molar-refractivity contribution in [1.82, 2.24) is 14.5 Å². The maximum atomic E-state index is 13.7. The summed E-state index contributed by atoms with van der Waals surface area (Å²) in [5.41, 5.74) is -2.04. The lowest BCUT2D eigenvalue weighted by Crippen LogP contribution is -2.05. The number of carboxylic acid groups (broad SMARTS) is 1. The highest BCUT2D eigenvalue weighted by molar-refractivity contribution is 5.87. The number of alkyl halides is 3. The van der Waals surface area contributed by atoms with E-state index in [9.17, 15) is 22.4 Å². The average Bonchev–Trinajstić information content (AvgIpc) is 2.71. The van der Waals surface area contributed by atoms with Gasteiger partial charge >= 0.3 is 12.1 Å². The first-order valence-electron chi connectivity index (χ1n) is 5.20. The smallest absolute Gasteiger partial charge is 0.434 e. The van der Waals surface area contributed by atoms with Crippen LogP contribution in [0.25, 0.3) is 11.5 Å². The molecule has 2 rings (SSSR count). The molecule has 2 aromatic heterocycles. The van der Waals surface area contributed by atoms with Crippen LogP contribution in [0.4, 0.5) is 17.6 Å². The third-order valence-electron chi connectivity index (χ3n) is 2.47. The Morgan fingerprint density at radius 2 is 2.05 bits per heavy atom. The molecule has 0 aliphatic carbocycles. The van der Waals surface area contributed by atoms with Gasteiger partial charge in [-0.25, -0.2) is 19.2 Å². The van der Waals surface area contributed by atoms with Crippen LogP contribution in [0.5, 0.6) is 0 Å². The normalized spacial score (nSPS) is 11.7. The van der Waals surface area contributed by atoms with Gasteiger partial charge in [0.1, 0.15) is 5.69 Å². The molecule has 5 nitrogen and oxygen atoms in total. The Kier molecular flexibility index (Phi) is 3.20. The molecule has 0 saturated carbocycles. The molecule has 0 aliphatic rings. The zero-order valence-corrected chi connectivity index (χ0v) is 9.94. The van der Waals surface area contributed by atoms with Crippen molar-refractivity contribution in [3.63, 3.8) is 0 Å². The molecule has 0 amide bonds. The summed E-state index contributed by atoms with van der Waals surface area (Å²) in [4.78, 5) is 17.4. The first-order valence-corrected chi connectivity index (χ1v) is 5.20. The summed E-state index contributed by atoms with van der Waals surface area (Å²) in [5.74, 6) is -2.79. The first-order chi connectivity index (χ1) is 9.20. The number of aryl methyl sites for hydroxylation is 1. The Morgan fingerprint density at radius 1 is 1.40 bits per heavy atom. The number of carboxylic acids is 1. The number of hydrogen-bond acceptors (Lipinski definition) is 3. The van der Waals surface area contributed by atoms with E-state index in [2.05, 4.69) is 9.97 Å². The fraction of sp³-hybridized carbons (Fsp3) is 0.182. The Labute approximate surface area is 109 Å². The zero-order valence-electron chi connectivity index (χ0n) is 9.94. The fourth-order valence-electron chi connectivity index (χ4n) is 1.54. The highest BCUT2D eigenvalue weighted by Gasteiger charge is 2.35. The second kappa shape index (κ2) is 4.58. The van der Waals surface area contributed by atoms with Gasteiger partial charge in [-0.3, -0.25) is 0 Å². The summed E-state index contributed by atoms with van der Waals surface area (Å²) in [6.07, 6.45) is -3.11. The number of aromatic nitrogens is 3. The molecular weight excluding hydrogens is 282 g/mol. The standard InChI is InChI=1S/C11H7F4N3O2/c1-18-4-7(11(13,14)15)17-9(18)8-6(12)2-5(3-16-8)10(19)20/h2-4H,1H3,(H,19,20). The monoisotopic (exact) mass is 289 g/mol. The van der Waals surface area contributed by atoms with Gasteiger partial charge in [-0.05, 0) is 6.07 Å². The Bertz CT molecular complexity index is 679. The number of pyridine rings is 1. The molecule has 20 heavy (non-hydrogen) atoms. The van der Waals surface area contributed by atoms with E-state index in [0.29, 0.717) is 12.3 Å². The second-order valence-electron chi connectivity index (χ2n) is 3.92. The fourth-order valence-corrected chi connectivity index (χ4v) is 1.54. The van der Waals surface area contributed by atoms with E-state index in [1.807, 2.05) is 0 Å². The van der Waals surface area contributed by atoms with Crippen molar-refractivity contribution < 1.29 is 27.5 Å². The first kappa shape index (κ1) is 14.0. The minimum atomic E-state index is -4.66. The zero-order chi connectivity index (χ0) is 15.1. The van der Waals surface area contributed by atoms with Crippen LogP contribution in [0.15, 0.2) is 18.5 Å². The van der Waals surface area contributed by atoms with E-state index in [1.165, 1.54) is 7.05 Å². The van der Waals surface area contributed by atoms with Gasteiger partial charge in [0.25, 0.3) is 0 Å². The van der Waals surface area contributed by atoms with Crippen molar-refractivity contribution in [1.29, 1.82) is 0 Å². The van der Waals surface area contributed by atoms with E-state index in [-0.39, 0.29) is 5.82 Å². The topological polar surface area (TPSA) is 68.0 Å². The number of rotatable bonds is 2. The van der Waals surface area contributed by atoms with Gasteiger partial charge in [0.2, 0.25) is 0 Å². The van der Waals surface area contributed by atoms with Crippen LogP contribution in [0.2, 0.25) is 0 Å². The highest BCUT2D eigenvalue weighted by Crippen LogP contribution is 2.30. The van der Waals surface area contributed by atoms with Crippen molar-refractivity contribution in [3.05, 3.63) is 35.5 Å². The molecule has 0 bridgehead atoms. The van der Waals surface area contributed by atoms with E-state index in [1.54, 1.807) is 0 Å². The van der Waals surface area contributed by atoms with Crippen molar-refractivity contribution in [2.45, 2.75) is 6.18 Å². The van der Waals surface area contributed by atoms with Crippen LogP contribution >= 0.6 is 0 Å². The van der Waals surface area contributed by atoms with Crippen LogP contribution in [-0.4, -0.2) is 25.6 Å². The number of halogens is 4. The van der Waals surface area contributed by atoms with Gasteiger partial charge < -0.3 is 9.67 Å². The molecule has 9 heteroatoms. The minimum Gasteiger partial charge on any atom is -0.478 e. The predicted molar refractivity (Wildman–Crippen MR) is 58.4 cm³/mol. The lowest BCUT2D eigenvalue weighted by molar-refractivity contribution is -0.140. The molecule has 0 atom stereocenters. The van der Waals surface area contributed by atoms with Crippen LogP contribution in [-0.2, 0) is 13.2 Å². The van der Waals surface area contributed by atoms with Crippen LogP contribution < -0.4 is 0 Å². The summed E-state index contributed by atoms with van der Waals surface area (Å²) in [7, 11) is 1.25. The Hall–Kier alpha value is -2.45. The second-order valence-corrected chi connectivity index (χ2v) is 3.92. The largest absolute Gasteiger partial charge is 0.478 e. The third-order valence-corrected chi connectivity index (χ3v) is 2.47. The summed E-state index contributed by atoms with van der Waals surface area (Å²) in [6.45, 7) is 0. The maximum Gasteiger partial charge on any atom is 0.434 e. The molecule has 2 heterocycles. The summed E-state index contributed by atoms with van der Waals surface area (Å²) in [5, 5.41) is 8.66. The van der Waals surface area contributed by atoms with Crippen LogP contribution in [0.3, 0.4) is 0 Å². The van der Waals surface area contributed by atoms with Gasteiger partial charge in [-0.15, -0.1) is 0 Å². The molecule has 106 valence electrons. The van der Waals surface area contributed by atoms with Gasteiger partial charge in [-0.1, -0.05) is 0 Å². The van der Waals surface area contributed by atoms with Gasteiger partial charge in [0.15, 0.2) is 17.3 Å². The van der Waals surface area contributed by atoms with E-state index < -0.39 is 34.9 Å². The number of hydrogen-bond donors (Lipinski definition) is 1. The van der Waals surface area contributed by atoms with Gasteiger partial charge in [-0.2, -0.15) is 13.2 Å². The summed E-state index contributed by atoms with van der Waals surface area (Å²) >= 11 is 0. The maximum absolute atomic E-state index is 13.7. The van der Waals surface area contributed by atoms with E-state index in [0.717, 1.165) is 10.8 Å². The van der Waals surface area contributed by atoms with Crippen molar-refractivity contribution in [3.8, 4) is 11.5 Å². The molecule has 0 aliphatic heterocycles. The molecule has 0 fully saturated rings. The SMILES string of the molecule is Cn1cc(C(F)(F)F)nc1-c1ncc(C(=O)O)cc1F. The summed E-state index contributed by atoms with van der Waals surface area (Å²) in [6, 6.07) is 0.673. The molecule has 0 aromatic carbocycles. The minimum absolute atomic E-state index is 0.341. The van der Waals surface area contributed by atoms with Gasteiger partial charge in [0.05, 0.1) is 5.56 Å². The molecule has 0 unspecified atom stereocenters. The quantitative estimate of drug-likeness (QED) is 0.862. The number of carbonyl (C=O) groups is 1. The highest BCUT2D eigenvalue weighted by atomic mass is 19.4. The molecular formula is C11H7F4N3O2. The molecule has 0 saturated heterocycles. The molecule has 1 N–H and O–H groups in total. The number of nitrogens with zero attached hydrogens (tertiary/aromatic N) is 3. The average molecular weight is 289 g/mol. The van der Waals surface area contributed by atoms with E-state index >= 15 is 0 Å². The Balaban J connectivity index is 2.52.